The molecule has 5 nitrogen and oxygen atoms in total. The Kier molecular flexibility index (Phi) is 5.48. The third-order valence-corrected chi connectivity index (χ3v) is 6.90. The molecule has 9 heteroatoms. The van der Waals surface area contributed by atoms with Gasteiger partial charge in [-0.3, -0.25) is 0 Å². The summed E-state index contributed by atoms with van der Waals surface area (Å²) in [6.45, 7) is 1.36. The van der Waals surface area contributed by atoms with Crippen LogP contribution in [0.25, 0.3) is 0 Å². The fraction of sp³-hybridized carbons (Fsp3) is 0.176. The van der Waals surface area contributed by atoms with Crippen LogP contribution in [-0.4, -0.2) is 20.1 Å². The van der Waals surface area contributed by atoms with Crippen molar-refractivity contribution in [3.8, 4) is 0 Å². The molecule has 0 radical (unpaired) electrons. The van der Waals surface area contributed by atoms with Gasteiger partial charge in [0.2, 0.25) is 10.0 Å². The van der Waals surface area contributed by atoms with Crippen molar-refractivity contribution in [2.45, 2.75) is 17.4 Å². The standard InChI is InChI=1S/C17H15Cl2NO4S2/c1-11-7-15(14(19)8-13(11)18)26(22,23)20-10-17(21,12-4-6-25-9-12)16-3-2-5-24-16/h2-9,20-21H,10H2,1H3. The van der Waals surface area contributed by atoms with Crippen LogP contribution in [0, 0.1) is 6.92 Å². The summed E-state index contributed by atoms with van der Waals surface area (Å²) >= 11 is 13.4. The largest absolute Gasteiger partial charge is 0.466 e. The van der Waals surface area contributed by atoms with Gasteiger partial charge in [-0.25, -0.2) is 13.1 Å². The Labute approximate surface area is 165 Å². The van der Waals surface area contributed by atoms with Crippen molar-refractivity contribution in [2.24, 2.45) is 0 Å². The van der Waals surface area contributed by atoms with Gasteiger partial charge in [-0.15, -0.1) is 0 Å². The van der Waals surface area contributed by atoms with Crippen molar-refractivity contribution < 1.29 is 17.9 Å². The summed E-state index contributed by atoms with van der Waals surface area (Å²) in [5, 5.41) is 15.0. The molecule has 2 aromatic heterocycles. The molecule has 0 bridgehead atoms. The second kappa shape index (κ2) is 7.34. The van der Waals surface area contributed by atoms with Crippen molar-refractivity contribution >= 4 is 44.6 Å². The lowest BCUT2D eigenvalue weighted by atomic mass is 9.94. The van der Waals surface area contributed by atoms with Crippen molar-refractivity contribution in [3.05, 3.63) is 74.3 Å². The first-order valence-electron chi connectivity index (χ1n) is 7.48. The summed E-state index contributed by atoms with van der Waals surface area (Å²) in [6, 6.07) is 7.70. The second-order valence-electron chi connectivity index (χ2n) is 5.71. The predicted molar refractivity (Wildman–Crippen MR) is 102 cm³/mol. The van der Waals surface area contributed by atoms with E-state index in [2.05, 4.69) is 4.72 Å². The number of halogens is 2. The van der Waals surface area contributed by atoms with Crippen molar-refractivity contribution in [3.63, 3.8) is 0 Å². The lowest BCUT2D eigenvalue weighted by Crippen LogP contribution is -2.41. The van der Waals surface area contributed by atoms with Gasteiger partial charge in [0, 0.05) is 10.6 Å². The molecule has 0 spiro atoms. The zero-order chi connectivity index (χ0) is 18.9. The number of aliphatic hydroxyl groups is 1. The molecule has 0 aliphatic heterocycles. The maximum atomic E-state index is 12.7. The van der Waals surface area contributed by atoms with E-state index in [9.17, 15) is 13.5 Å². The Morgan fingerprint density at radius 3 is 2.65 bits per heavy atom. The number of hydrogen-bond acceptors (Lipinski definition) is 5. The van der Waals surface area contributed by atoms with E-state index in [1.807, 2.05) is 0 Å². The lowest BCUT2D eigenvalue weighted by molar-refractivity contribution is 0.0623. The average Bonchev–Trinajstić information content (AvgIpc) is 3.29. The molecule has 138 valence electrons. The molecule has 2 N–H and O–H groups in total. The Hall–Kier alpha value is -1.35. The SMILES string of the molecule is Cc1cc(S(=O)(=O)NCC(O)(c2ccsc2)c2ccco2)c(Cl)cc1Cl. The van der Waals surface area contributed by atoms with E-state index in [4.69, 9.17) is 27.6 Å². The van der Waals surface area contributed by atoms with E-state index < -0.39 is 15.6 Å². The molecule has 3 aromatic rings. The van der Waals surface area contributed by atoms with Crippen LogP contribution in [0.2, 0.25) is 10.0 Å². The van der Waals surface area contributed by atoms with Gasteiger partial charge in [-0.2, -0.15) is 11.3 Å². The molecule has 0 aliphatic rings. The van der Waals surface area contributed by atoms with Gasteiger partial charge in [0.05, 0.1) is 17.8 Å². The van der Waals surface area contributed by atoms with Gasteiger partial charge in [-0.1, -0.05) is 23.2 Å². The molecular formula is C17H15Cl2NO4S2. The van der Waals surface area contributed by atoms with E-state index >= 15 is 0 Å². The van der Waals surface area contributed by atoms with Crippen molar-refractivity contribution in [1.82, 2.24) is 4.72 Å². The molecule has 0 saturated carbocycles. The monoisotopic (exact) mass is 431 g/mol. The minimum atomic E-state index is -3.98. The number of rotatable bonds is 6. The van der Waals surface area contributed by atoms with Gasteiger partial charge in [-0.05, 0) is 53.6 Å². The zero-order valence-electron chi connectivity index (χ0n) is 13.6. The highest BCUT2D eigenvalue weighted by Gasteiger charge is 2.36. The molecule has 1 unspecified atom stereocenters. The summed E-state index contributed by atoms with van der Waals surface area (Å²) < 4.78 is 33.2. The maximum absolute atomic E-state index is 12.7. The predicted octanol–water partition coefficient (Wildman–Crippen LogP) is 4.17. The number of hydrogen-bond donors (Lipinski definition) is 2. The number of nitrogens with one attached hydrogen (secondary N) is 1. The van der Waals surface area contributed by atoms with Gasteiger partial charge >= 0.3 is 0 Å². The Balaban J connectivity index is 1.94. The summed E-state index contributed by atoms with van der Waals surface area (Å²) in [5.74, 6) is 0.233. The molecule has 0 fully saturated rings. The second-order valence-corrected chi connectivity index (χ2v) is 9.04. The van der Waals surface area contributed by atoms with Crippen molar-refractivity contribution in [1.29, 1.82) is 0 Å². The van der Waals surface area contributed by atoms with E-state index in [-0.39, 0.29) is 22.2 Å². The van der Waals surface area contributed by atoms with Gasteiger partial charge < -0.3 is 9.52 Å². The molecule has 2 heterocycles. The molecule has 1 aromatic carbocycles. The quantitative estimate of drug-likeness (QED) is 0.613. The molecule has 0 aliphatic carbocycles. The highest BCUT2D eigenvalue weighted by Crippen LogP contribution is 2.32. The Morgan fingerprint density at radius 2 is 2.04 bits per heavy atom. The van der Waals surface area contributed by atoms with E-state index in [0.717, 1.165) is 0 Å². The first kappa shape index (κ1) is 19.4. The van der Waals surface area contributed by atoms with E-state index in [1.54, 1.807) is 35.9 Å². The average molecular weight is 432 g/mol. The normalized spacial score (nSPS) is 14.3. The van der Waals surface area contributed by atoms with Crippen LogP contribution in [0.15, 0.2) is 56.7 Å². The fourth-order valence-electron chi connectivity index (χ4n) is 2.46. The molecule has 3 rings (SSSR count). The minimum Gasteiger partial charge on any atom is -0.466 e. The van der Waals surface area contributed by atoms with Crippen LogP contribution in [0.5, 0.6) is 0 Å². The summed E-state index contributed by atoms with van der Waals surface area (Å²) in [6.07, 6.45) is 1.42. The number of benzene rings is 1. The van der Waals surface area contributed by atoms with Gasteiger partial charge in [0.15, 0.2) is 5.60 Å². The molecular weight excluding hydrogens is 417 g/mol. The lowest BCUT2D eigenvalue weighted by Gasteiger charge is -2.25. The molecule has 0 saturated heterocycles. The highest BCUT2D eigenvalue weighted by molar-refractivity contribution is 7.89. The smallest absolute Gasteiger partial charge is 0.242 e. The summed E-state index contributed by atoms with van der Waals surface area (Å²) in [7, 11) is -3.98. The van der Waals surface area contributed by atoms with E-state index in [0.29, 0.717) is 16.1 Å². The number of sulfonamides is 1. The topological polar surface area (TPSA) is 79.5 Å². The van der Waals surface area contributed by atoms with Crippen LogP contribution in [0.3, 0.4) is 0 Å². The first-order valence-corrected chi connectivity index (χ1v) is 10.7. The number of furan rings is 1. The van der Waals surface area contributed by atoms with Crippen LogP contribution >= 0.6 is 34.5 Å². The first-order chi connectivity index (χ1) is 12.2. The Bertz CT molecular complexity index is 966. The summed E-state index contributed by atoms with van der Waals surface area (Å²) in [4.78, 5) is -0.104. The Morgan fingerprint density at radius 1 is 1.27 bits per heavy atom. The minimum absolute atomic E-state index is 0.00479. The zero-order valence-corrected chi connectivity index (χ0v) is 16.7. The fourth-order valence-corrected chi connectivity index (χ4v) is 5.07. The van der Waals surface area contributed by atoms with Gasteiger partial charge in [0.1, 0.15) is 10.7 Å². The number of thiophene rings is 1. The summed E-state index contributed by atoms with van der Waals surface area (Å²) in [5.41, 5.74) is -0.543. The van der Waals surface area contributed by atoms with Crippen LogP contribution < -0.4 is 4.72 Å². The third kappa shape index (κ3) is 3.69. The third-order valence-electron chi connectivity index (χ3n) is 3.95. The molecule has 1 atom stereocenters. The molecule has 0 amide bonds. The van der Waals surface area contributed by atoms with Crippen LogP contribution in [0.1, 0.15) is 16.9 Å². The van der Waals surface area contributed by atoms with Crippen LogP contribution in [0.4, 0.5) is 0 Å². The highest BCUT2D eigenvalue weighted by atomic mass is 35.5. The van der Waals surface area contributed by atoms with Crippen molar-refractivity contribution in [2.75, 3.05) is 6.54 Å². The van der Waals surface area contributed by atoms with Gasteiger partial charge in [0.25, 0.3) is 0 Å². The van der Waals surface area contributed by atoms with Crippen LogP contribution in [-0.2, 0) is 15.6 Å². The number of aryl methyl sites for hydroxylation is 1. The maximum Gasteiger partial charge on any atom is 0.242 e. The van der Waals surface area contributed by atoms with E-state index in [1.165, 1.54) is 29.7 Å². The molecule has 26 heavy (non-hydrogen) atoms.